The molecule has 0 spiro atoms. The predicted octanol–water partition coefficient (Wildman–Crippen LogP) is 4.67. The first-order valence-corrected chi connectivity index (χ1v) is 10.7. The van der Waals surface area contributed by atoms with Gasteiger partial charge in [0.05, 0.1) is 16.3 Å². The third-order valence-corrected chi connectivity index (χ3v) is 5.75. The second-order valence-electron chi connectivity index (χ2n) is 8.03. The number of piperidine rings is 1. The van der Waals surface area contributed by atoms with Crippen LogP contribution in [0.5, 0.6) is 0 Å². The van der Waals surface area contributed by atoms with Crippen molar-refractivity contribution < 1.29 is 14.4 Å². The maximum Gasteiger partial charge on any atom is 0.258 e. The molecule has 2 amide bonds. The average molecular weight is 479 g/mol. The van der Waals surface area contributed by atoms with Crippen molar-refractivity contribution in [2.45, 2.75) is 39.7 Å². The number of anilines is 2. The van der Waals surface area contributed by atoms with E-state index in [0.717, 1.165) is 25.9 Å². The maximum absolute atomic E-state index is 12.9. The van der Waals surface area contributed by atoms with Crippen LogP contribution in [0.2, 0.25) is 5.02 Å². The first kappa shape index (κ1) is 25.8. The van der Waals surface area contributed by atoms with Crippen molar-refractivity contribution in [1.29, 1.82) is 0 Å². The number of nitrogens with zero attached hydrogens (tertiary/aromatic N) is 2. The Kier molecular flexibility index (Phi) is 9.19. The predicted molar refractivity (Wildman–Crippen MR) is 129 cm³/mol. The van der Waals surface area contributed by atoms with Gasteiger partial charge in [-0.1, -0.05) is 11.6 Å². The Labute approximate surface area is 199 Å². The normalized spacial score (nSPS) is 14.5. The molecule has 1 fully saturated rings. The lowest BCUT2D eigenvalue weighted by Crippen LogP contribution is -2.41. The zero-order valence-corrected chi connectivity index (χ0v) is 19.9. The number of pyridine rings is 1. The van der Waals surface area contributed by atoms with Crippen molar-refractivity contribution >= 4 is 53.1 Å². The number of rotatable bonds is 6. The second-order valence-corrected chi connectivity index (χ2v) is 8.46. The zero-order chi connectivity index (χ0) is 22.5. The van der Waals surface area contributed by atoms with Crippen molar-refractivity contribution in [2.75, 3.05) is 23.7 Å². The molecule has 9 heteroatoms. The lowest BCUT2D eigenvalue weighted by Gasteiger charge is -2.34. The van der Waals surface area contributed by atoms with E-state index in [1.54, 1.807) is 24.3 Å². The minimum absolute atomic E-state index is 0. The standard InChI is InChI=1S/C23H27ClN4O3.ClH/c1-14(2)28-10-8-16(9-11-28)22(30)26-20-6-4-17(15(3)29)12-19(20)23(31)27-21-7-5-18(24)13-25-21;/h4-7,12-14,16H,8-11H2,1-3H3,(H,26,30)(H,25,27,31);1H. The number of hydrogen-bond donors (Lipinski definition) is 2. The number of carbonyl (C=O) groups is 3. The maximum atomic E-state index is 12.9. The highest BCUT2D eigenvalue weighted by Crippen LogP contribution is 2.24. The quantitative estimate of drug-likeness (QED) is 0.588. The lowest BCUT2D eigenvalue weighted by molar-refractivity contribution is -0.121. The van der Waals surface area contributed by atoms with Crippen LogP contribution in [0.3, 0.4) is 0 Å². The van der Waals surface area contributed by atoms with Crippen LogP contribution in [0.4, 0.5) is 11.5 Å². The smallest absolute Gasteiger partial charge is 0.258 e. The Balaban J connectivity index is 0.00000363. The molecule has 1 aliphatic heterocycles. The average Bonchev–Trinajstić information content (AvgIpc) is 2.75. The largest absolute Gasteiger partial charge is 0.325 e. The highest BCUT2D eigenvalue weighted by molar-refractivity contribution is 6.30. The first-order chi connectivity index (χ1) is 14.7. The SMILES string of the molecule is CC(=O)c1ccc(NC(=O)C2CCN(C(C)C)CC2)c(C(=O)Nc2ccc(Cl)cn2)c1.Cl. The molecular formula is C23H28Cl2N4O3. The van der Waals surface area contributed by atoms with Crippen LogP contribution < -0.4 is 10.6 Å². The van der Waals surface area contributed by atoms with Crippen molar-refractivity contribution in [3.05, 3.63) is 52.7 Å². The summed E-state index contributed by atoms with van der Waals surface area (Å²) in [5.74, 6) is -0.546. The van der Waals surface area contributed by atoms with Crippen LogP contribution >= 0.6 is 24.0 Å². The molecule has 2 heterocycles. The number of Topliss-reactive ketones (excluding diaryl/α,β-unsaturated/α-hetero) is 1. The van der Waals surface area contributed by atoms with Gasteiger partial charge in [-0.2, -0.15) is 0 Å². The molecule has 1 aromatic heterocycles. The molecule has 1 aromatic carbocycles. The number of amides is 2. The van der Waals surface area contributed by atoms with Crippen molar-refractivity contribution in [3.8, 4) is 0 Å². The molecule has 0 aliphatic carbocycles. The van der Waals surface area contributed by atoms with E-state index in [1.165, 1.54) is 19.2 Å². The number of benzene rings is 1. The zero-order valence-electron chi connectivity index (χ0n) is 18.4. The number of hydrogen-bond acceptors (Lipinski definition) is 5. The first-order valence-electron chi connectivity index (χ1n) is 10.4. The second kappa shape index (κ2) is 11.4. The van der Waals surface area contributed by atoms with E-state index in [0.29, 0.717) is 28.1 Å². The van der Waals surface area contributed by atoms with Gasteiger partial charge in [0.2, 0.25) is 5.91 Å². The Bertz CT molecular complexity index is 972. The summed E-state index contributed by atoms with van der Waals surface area (Å²) >= 11 is 5.84. The van der Waals surface area contributed by atoms with Crippen molar-refractivity contribution in [1.82, 2.24) is 9.88 Å². The van der Waals surface area contributed by atoms with Gasteiger partial charge in [0.15, 0.2) is 5.78 Å². The van der Waals surface area contributed by atoms with Crippen LogP contribution in [-0.2, 0) is 4.79 Å². The fraction of sp³-hybridized carbons (Fsp3) is 0.391. The molecule has 3 rings (SSSR count). The number of ketones is 1. The van der Waals surface area contributed by atoms with Crippen LogP contribution in [0, 0.1) is 5.92 Å². The van der Waals surface area contributed by atoms with Gasteiger partial charge in [0, 0.05) is 23.7 Å². The molecule has 32 heavy (non-hydrogen) atoms. The number of aromatic nitrogens is 1. The van der Waals surface area contributed by atoms with Crippen LogP contribution in [0.1, 0.15) is 54.3 Å². The van der Waals surface area contributed by atoms with Crippen molar-refractivity contribution in [2.24, 2.45) is 5.92 Å². The number of likely N-dealkylation sites (tertiary alicyclic amines) is 1. The van der Waals surface area contributed by atoms with Gasteiger partial charge >= 0.3 is 0 Å². The Morgan fingerprint density at radius 1 is 1.09 bits per heavy atom. The van der Waals surface area contributed by atoms with E-state index < -0.39 is 5.91 Å². The van der Waals surface area contributed by atoms with Gasteiger partial charge < -0.3 is 15.5 Å². The van der Waals surface area contributed by atoms with Gasteiger partial charge in [-0.05, 0) is 77.0 Å². The minimum Gasteiger partial charge on any atom is -0.325 e. The Morgan fingerprint density at radius 2 is 1.78 bits per heavy atom. The van der Waals surface area contributed by atoms with Crippen LogP contribution in [0.15, 0.2) is 36.5 Å². The summed E-state index contributed by atoms with van der Waals surface area (Å²) in [5, 5.41) is 6.03. The van der Waals surface area contributed by atoms with Gasteiger partial charge in [-0.25, -0.2) is 4.98 Å². The molecule has 0 unspecified atom stereocenters. The lowest BCUT2D eigenvalue weighted by atomic mass is 9.94. The fourth-order valence-electron chi connectivity index (χ4n) is 3.61. The number of halogens is 2. The molecule has 2 N–H and O–H groups in total. The molecule has 0 bridgehead atoms. The third-order valence-electron chi connectivity index (χ3n) is 5.53. The van der Waals surface area contributed by atoms with Crippen LogP contribution in [-0.4, -0.2) is 46.6 Å². The molecule has 2 aromatic rings. The molecule has 1 aliphatic rings. The van der Waals surface area contributed by atoms with Gasteiger partial charge in [0.25, 0.3) is 5.91 Å². The summed E-state index contributed by atoms with van der Waals surface area (Å²) in [5.41, 5.74) is 0.961. The molecule has 0 atom stereocenters. The molecule has 172 valence electrons. The summed E-state index contributed by atoms with van der Waals surface area (Å²) in [6.45, 7) is 7.47. The Hall–Kier alpha value is -2.48. The van der Waals surface area contributed by atoms with E-state index in [4.69, 9.17) is 11.6 Å². The Morgan fingerprint density at radius 3 is 2.34 bits per heavy atom. The fourth-order valence-corrected chi connectivity index (χ4v) is 3.72. The molecule has 0 saturated carbocycles. The molecule has 0 radical (unpaired) electrons. The van der Waals surface area contributed by atoms with Crippen LogP contribution in [0.25, 0.3) is 0 Å². The molecule has 1 saturated heterocycles. The van der Waals surface area contributed by atoms with Gasteiger partial charge in [0.1, 0.15) is 5.82 Å². The number of nitrogens with one attached hydrogen (secondary N) is 2. The highest BCUT2D eigenvalue weighted by Gasteiger charge is 2.27. The molecular weight excluding hydrogens is 451 g/mol. The molecule has 7 nitrogen and oxygen atoms in total. The monoisotopic (exact) mass is 478 g/mol. The summed E-state index contributed by atoms with van der Waals surface area (Å²) in [7, 11) is 0. The van der Waals surface area contributed by atoms with E-state index >= 15 is 0 Å². The van der Waals surface area contributed by atoms with E-state index in [-0.39, 0.29) is 35.6 Å². The summed E-state index contributed by atoms with van der Waals surface area (Å²) in [6, 6.07) is 8.35. The number of carbonyl (C=O) groups excluding carboxylic acids is 3. The third kappa shape index (κ3) is 6.51. The topological polar surface area (TPSA) is 91.4 Å². The van der Waals surface area contributed by atoms with Gasteiger partial charge in [-0.15, -0.1) is 12.4 Å². The highest BCUT2D eigenvalue weighted by atomic mass is 35.5. The minimum atomic E-state index is -0.470. The van der Waals surface area contributed by atoms with Crippen molar-refractivity contribution in [3.63, 3.8) is 0 Å². The van der Waals surface area contributed by atoms with E-state index in [9.17, 15) is 14.4 Å². The van der Waals surface area contributed by atoms with E-state index in [2.05, 4.69) is 34.4 Å². The van der Waals surface area contributed by atoms with E-state index in [1.807, 2.05) is 0 Å². The summed E-state index contributed by atoms with van der Waals surface area (Å²) < 4.78 is 0. The van der Waals surface area contributed by atoms with Gasteiger partial charge in [-0.3, -0.25) is 14.4 Å². The summed E-state index contributed by atoms with van der Waals surface area (Å²) in [6.07, 6.45) is 2.97. The summed E-state index contributed by atoms with van der Waals surface area (Å²) in [4.78, 5) is 44.0.